The Hall–Kier alpha value is -3.56. The average molecular weight is 478 g/mol. The molecule has 0 bridgehead atoms. The van der Waals surface area contributed by atoms with Crippen molar-refractivity contribution in [1.82, 2.24) is 25.5 Å². The van der Waals surface area contributed by atoms with Gasteiger partial charge in [0.2, 0.25) is 0 Å². The Morgan fingerprint density at radius 1 is 0.971 bits per heavy atom. The Kier molecular flexibility index (Phi) is 7.57. The minimum atomic E-state index is -0.591. The first-order chi connectivity index (χ1) is 16.9. The van der Waals surface area contributed by atoms with Crippen LogP contribution in [-0.2, 0) is 17.8 Å². The molecule has 1 fully saturated rings. The Labute approximate surface area is 204 Å². The maximum Gasteiger partial charge on any atom is 0.290 e. The number of amides is 2. The quantitative estimate of drug-likeness (QED) is 0.529. The van der Waals surface area contributed by atoms with Crippen molar-refractivity contribution in [2.45, 2.75) is 52.5 Å². The van der Waals surface area contributed by atoms with Crippen LogP contribution in [0.5, 0.6) is 0 Å². The molecule has 2 aromatic carbocycles. The van der Waals surface area contributed by atoms with Crippen molar-refractivity contribution in [1.29, 1.82) is 0 Å². The molecule has 0 saturated carbocycles. The molecule has 2 amide bonds. The third kappa shape index (κ3) is 5.75. The summed E-state index contributed by atoms with van der Waals surface area (Å²) >= 11 is 0. The highest BCUT2D eigenvalue weighted by Crippen LogP contribution is 2.15. The van der Waals surface area contributed by atoms with Crippen LogP contribution in [0.3, 0.4) is 0 Å². The van der Waals surface area contributed by atoms with E-state index in [1.54, 1.807) is 36.4 Å². The number of carbonyl (C=O) groups is 2. The summed E-state index contributed by atoms with van der Waals surface area (Å²) in [4.78, 5) is 40.5. The summed E-state index contributed by atoms with van der Waals surface area (Å²) in [6, 6.07) is 14.1. The molecular formula is C26H31N5O4. The average Bonchev–Trinajstić information content (AvgIpc) is 2.84. The Balaban J connectivity index is 1.41. The predicted molar refractivity (Wildman–Crippen MR) is 133 cm³/mol. The van der Waals surface area contributed by atoms with E-state index >= 15 is 0 Å². The molecule has 9 heteroatoms. The maximum absolute atomic E-state index is 12.9. The number of nitrogens with zero attached hydrogens (tertiary/aromatic N) is 3. The number of aromatic nitrogens is 2. The van der Waals surface area contributed by atoms with Crippen LogP contribution in [0, 0.1) is 0 Å². The number of aryl methyl sites for hydroxylation is 1. The lowest BCUT2D eigenvalue weighted by atomic mass is 10.1. The van der Waals surface area contributed by atoms with E-state index in [1.807, 2.05) is 19.1 Å². The predicted octanol–water partition coefficient (Wildman–Crippen LogP) is 2.49. The molecule has 0 radical (unpaired) electrons. The molecule has 1 aromatic heterocycles. The normalized spacial score (nSPS) is 18.4. The molecule has 2 atom stereocenters. The van der Waals surface area contributed by atoms with E-state index < -0.39 is 11.8 Å². The Morgan fingerprint density at radius 2 is 1.60 bits per heavy atom. The van der Waals surface area contributed by atoms with E-state index in [1.165, 1.54) is 4.68 Å². The fourth-order valence-corrected chi connectivity index (χ4v) is 4.44. The molecule has 1 aliphatic rings. The zero-order chi connectivity index (χ0) is 24.9. The molecule has 2 unspecified atom stereocenters. The smallest absolute Gasteiger partial charge is 0.290 e. The van der Waals surface area contributed by atoms with Gasteiger partial charge in [-0.05, 0) is 44.0 Å². The monoisotopic (exact) mass is 477 g/mol. The van der Waals surface area contributed by atoms with Crippen LogP contribution in [0.1, 0.15) is 53.6 Å². The number of hydrazine groups is 1. The van der Waals surface area contributed by atoms with Gasteiger partial charge in [0.25, 0.3) is 17.4 Å². The molecule has 2 heterocycles. The van der Waals surface area contributed by atoms with Crippen molar-refractivity contribution < 1.29 is 14.3 Å². The second-order valence-electron chi connectivity index (χ2n) is 8.98. The molecular weight excluding hydrogens is 446 g/mol. The van der Waals surface area contributed by atoms with E-state index in [9.17, 15) is 14.4 Å². The van der Waals surface area contributed by atoms with E-state index in [0.717, 1.165) is 25.2 Å². The zero-order valence-corrected chi connectivity index (χ0v) is 20.3. The highest BCUT2D eigenvalue weighted by molar-refractivity contribution is 6.06. The summed E-state index contributed by atoms with van der Waals surface area (Å²) in [5.74, 6) is -1.03. The van der Waals surface area contributed by atoms with Crippen LogP contribution in [0.15, 0.2) is 53.3 Å². The van der Waals surface area contributed by atoms with E-state index in [-0.39, 0.29) is 23.5 Å². The number of hydrogen-bond acceptors (Lipinski definition) is 6. The molecule has 1 saturated heterocycles. The van der Waals surface area contributed by atoms with Crippen molar-refractivity contribution in [3.8, 4) is 0 Å². The highest BCUT2D eigenvalue weighted by Gasteiger charge is 2.22. The second-order valence-corrected chi connectivity index (χ2v) is 8.98. The number of nitrogens with one attached hydrogen (secondary N) is 2. The summed E-state index contributed by atoms with van der Waals surface area (Å²) in [7, 11) is 0. The van der Waals surface area contributed by atoms with Crippen molar-refractivity contribution in [3.63, 3.8) is 0 Å². The summed E-state index contributed by atoms with van der Waals surface area (Å²) < 4.78 is 7.07. The zero-order valence-electron chi connectivity index (χ0n) is 20.3. The van der Waals surface area contributed by atoms with Gasteiger partial charge in [-0.25, -0.2) is 4.68 Å². The van der Waals surface area contributed by atoms with Gasteiger partial charge < -0.3 is 4.74 Å². The second kappa shape index (κ2) is 10.8. The van der Waals surface area contributed by atoms with E-state index in [2.05, 4.69) is 34.7 Å². The number of morpholine rings is 1. The lowest BCUT2D eigenvalue weighted by Gasteiger charge is -2.35. The van der Waals surface area contributed by atoms with Crippen LogP contribution < -0.4 is 16.4 Å². The number of rotatable bonds is 6. The van der Waals surface area contributed by atoms with Crippen LogP contribution >= 0.6 is 0 Å². The standard InChI is InChI=1S/C26H31N5O4/c1-4-13-31-26(34)22-8-6-5-7-21(22)23(29-31)25(33)28-27-24(32)20-11-9-19(10-12-20)16-30-14-17(2)35-18(3)15-30/h5-12,17-18H,4,13-16H2,1-3H3,(H,27,32)(H,28,33). The molecule has 1 aliphatic heterocycles. The Morgan fingerprint density at radius 3 is 2.26 bits per heavy atom. The van der Waals surface area contributed by atoms with Gasteiger partial charge in [-0.3, -0.25) is 30.1 Å². The van der Waals surface area contributed by atoms with Crippen LogP contribution in [0.2, 0.25) is 0 Å². The summed E-state index contributed by atoms with van der Waals surface area (Å²) in [6.07, 6.45) is 1.09. The fourth-order valence-electron chi connectivity index (χ4n) is 4.44. The molecule has 3 aromatic rings. The van der Waals surface area contributed by atoms with Crippen LogP contribution in [-0.4, -0.2) is 51.8 Å². The van der Waals surface area contributed by atoms with Crippen molar-refractivity contribution >= 4 is 22.6 Å². The molecule has 2 N–H and O–H groups in total. The molecule has 35 heavy (non-hydrogen) atoms. The summed E-state index contributed by atoms with van der Waals surface area (Å²) in [5, 5.41) is 5.09. The number of fused-ring (bicyclic) bond motifs is 1. The lowest BCUT2D eigenvalue weighted by molar-refractivity contribution is -0.0704. The fraction of sp³-hybridized carbons (Fsp3) is 0.385. The molecule has 0 spiro atoms. The third-order valence-electron chi connectivity index (χ3n) is 5.93. The number of carbonyl (C=O) groups excluding carboxylic acids is 2. The van der Waals surface area contributed by atoms with Crippen molar-refractivity contribution in [2.75, 3.05) is 13.1 Å². The lowest BCUT2D eigenvalue weighted by Crippen LogP contribution is -2.44. The van der Waals surface area contributed by atoms with Gasteiger partial charge in [-0.2, -0.15) is 5.10 Å². The van der Waals surface area contributed by atoms with Gasteiger partial charge in [0.05, 0.1) is 17.6 Å². The SMILES string of the molecule is CCCn1nc(C(=O)NNC(=O)c2ccc(CN3CC(C)OC(C)C3)cc2)c2ccccc2c1=O. The summed E-state index contributed by atoms with van der Waals surface area (Å²) in [5.41, 5.74) is 6.23. The van der Waals surface area contributed by atoms with Gasteiger partial charge >= 0.3 is 0 Å². The first-order valence-electron chi connectivity index (χ1n) is 11.9. The Bertz CT molecular complexity index is 1260. The number of ether oxygens (including phenoxy) is 1. The van der Waals surface area contributed by atoms with Crippen molar-refractivity contribution in [2.24, 2.45) is 0 Å². The molecule has 0 aliphatic carbocycles. The topological polar surface area (TPSA) is 106 Å². The van der Waals surface area contributed by atoms with Gasteiger partial charge in [0.1, 0.15) is 0 Å². The van der Waals surface area contributed by atoms with Gasteiger partial charge in [0, 0.05) is 37.1 Å². The van der Waals surface area contributed by atoms with Gasteiger partial charge in [-0.1, -0.05) is 37.3 Å². The number of benzene rings is 2. The molecule has 4 rings (SSSR count). The molecule has 9 nitrogen and oxygen atoms in total. The van der Waals surface area contributed by atoms with E-state index in [4.69, 9.17) is 4.74 Å². The minimum absolute atomic E-state index is 0.0817. The first-order valence-corrected chi connectivity index (χ1v) is 11.9. The molecule has 184 valence electrons. The third-order valence-corrected chi connectivity index (χ3v) is 5.93. The first kappa shape index (κ1) is 24.6. The van der Waals surface area contributed by atoms with E-state index in [0.29, 0.717) is 29.3 Å². The highest BCUT2D eigenvalue weighted by atomic mass is 16.5. The minimum Gasteiger partial charge on any atom is -0.373 e. The van der Waals surface area contributed by atoms with Crippen LogP contribution in [0.25, 0.3) is 10.8 Å². The largest absolute Gasteiger partial charge is 0.373 e. The summed E-state index contributed by atoms with van der Waals surface area (Å²) in [6.45, 7) is 8.98. The van der Waals surface area contributed by atoms with Crippen LogP contribution in [0.4, 0.5) is 0 Å². The number of hydrogen-bond donors (Lipinski definition) is 2. The van der Waals surface area contributed by atoms with Crippen molar-refractivity contribution in [3.05, 3.63) is 75.7 Å². The maximum atomic E-state index is 12.9. The van der Waals surface area contributed by atoms with Gasteiger partial charge in [-0.15, -0.1) is 0 Å². The van der Waals surface area contributed by atoms with Gasteiger partial charge in [0.15, 0.2) is 5.69 Å².